The number of amides is 1. The maximum atomic E-state index is 12.5. The van der Waals surface area contributed by atoms with Crippen molar-refractivity contribution in [3.63, 3.8) is 0 Å². The molecule has 0 bridgehead atoms. The highest BCUT2D eigenvalue weighted by Gasteiger charge is 2.26. The van der Waals surface area contributed by atoms with Crippen LogP contribution in [0.15, 0.2) is 48.5 Å². The van der Waals surface area contributed by atoms with Crippen LogP contribution in [0.2, 0.25) is 0 Å². The second-order valence-corrected chi connectivity index (χ2v) is 4.42. The molecule has 0 fully saturated rings. The Morgan fingerprint density at radius 1 is 1.00 bits per heavy atom. The van der Waals surface area contributed by atoms with Gasteiger partial charge in [0.25, 0.3) is 5.91 Å². The average molecular weight is 238 g/mol. The molecule has 2 aromatic rings. The predicted octanol–water partition coefficient (Wildman–Crippen LogP) is 2.47. The standard InChI is InChI=1S/C15H14N2O/c16-13-8-4-5-11-9-10-17(15(18)14(11)13)12-6-2-1-3-7-12/h1-8H,9-10,16H2. The van der Waals surface area contributed by atoms with Gasteiger partial charge in [-0.3, -0.25) is 4.79 Å². The quantitative estimate of drug-likeness (QED) is 0.776. The van der Waals surface area contributed by atoms with Gasteiger partial charge in [-0.1, -0.05) is 30.3 Å². The Labute approximate surface area is 106 Å². The fourth-order valence-electron chi connectivity index (χ4n) is 2.41. The van der Waals surface area contributed by atoms with Crippen LogP contribution in [-0.2, 0) is 6.42 Å². The molecule has 1 heterocycles. The van der Waals surface area contributed by atoms with E-state index < -0.39 is 0 Å². The van der Waals surface area contributed by atoms with Gasteiger partial charge in [0.15, 0.2) is 0 Å². The van der Waals surface area contributed by atoms with Gasteiger partial charge in [0.2, 0.25) is 0 Å². The largest absolute Gasteiger partial charge is 0.398 e. The zero-order valence-corrected chi connectivity index (χ0v) is 9.97. The van der Waals surface area contributed by atoms with E-state index in [-0.39, 0.29) is 5.91 Å². The van der Waals surface area contributed by atoms with Gasteiger partial charge in [-0.05, 0) is 30.2 Å². The summed E-state index contributed by atoms with van der Waals surface area (Å²) in [7, 11) is 0. The summed E-state index contributed by atoms with van der Waals surface area (Å²) in [6.07, 6.45) is 0.848. The van der Waals surface area contributed by atoms with E-state index in [9.17, 15) is 4.79 Å². The number of nitrogens with two attached hydrogens (primary N) is 1. The first-order valence-electron chi connectivity index (χ1n) is 6.01. The number of nitrogens with zero attached hydrogens (tertiary/aromatic N) is 1. The Morgan fingerprint density at radius 2 is 1.78 bits per heavy atom. The lowest BCUT2D eigenvalue weighted by molar-refractivity contribution is 0.0981. The minimum absolute atomic E-state index is 0.000509. The predicted molar refractivity (Wildman–Crippen MR) is 72.7 cm³/mol. The summed E-state index contributed by atoms with van der Waals surface area (Å²) in [5.41, 5.74) is 9.13. The van der Waals surface area contributed by atoms with E-state index in [0.717, 1.165) is 17.7 Å². The fourth-order valence-corrected chi connectivity index (χ4v) is 2.41. The van der Waals surface area contributed by atoms with Crippen LogP contribution in [0.4, 0.5) is 11.4 Å². The Hall–Kier alpha value is -2.29. The van der Waals surface area contributed by atoms with Gasteiger partial charge in [0.1, 0.15) is 0 Å². The summed E-state index contributed by atoms with van der Waals surface area (Å²) in [5.74, 6) is 0.000509. The van der Waals surface area contributed by atoms with Gasteiger partial charge in [-0.25, -0.2) is 0 Å². The summed E-state index contributed by atoms with van der Waals surface area (Å²) < 4.78 is 0. The first-order chi connectivity index (χ1) is 8.77. The van der Waals surface area contributed by atoms with Gasteiger partial charge in [-0.2, -0.15) is 0 Å². The van der Waals surface area contributed by atoms with Crippen molar-refractivity contribution >= 4 is 17.3 Å². The molecule has 0 unspecified atom stereocenters. The highest BCUT2D eigenvalue weighted by atomic mass is 16.2. The number of benzene rings is 2. The Bertz CT molecular complexity index is 593. The number of carbonyl (C=O) groups excluding carboxylic acids is 1. The van der Waals surface area contributed by atoms with Gasteiger partial charge in [0.05, 0.1) is 5.56 Å². The number of nitrogen functional groups attached to an aromatic ring is 1. The molecule has 2 N–H and O–H groups in total. The highest BCUT2D eigenvalue weighted by Crippen LogP contribution is 2.27. The molecule has 3 nitrogen and oxygen atoms in total. The van der Waals surface area contributed by atoms with Crippen molar-refractivity contribution in [3.8, 4) is 0 Å². The van der Waals surface area contributed by atoms with Gasteiger partial charge >= 0.3 is 0 Å². The van der Waals surface area contributed by atoms with E-state index in [0.29, 0.717) is 17.8 Å². The van der Waals surface area contributed by atoms with Crippen LogP contribution >= 0.6 is 0 Å². The minimum Gasteiger partial charge on any atom is -0.398 e. The van der Waals surface area contributed by atoms with Crippen LogP contribution < -0.4 is 10.6 Å². The molecule has 3 rings (SSSR count). The molecule has 2 aromatic carbocycles. The van der Waals surface area contributed by atoms with Crippen molar-refractivity contribution in [2.24, 2.45) is 0 Å². The lowest BCUT2D eigenvalue weighted by atomic mass is 9.97. The molecular weight excluding hydrogens is 224 g/mol. The third-order valence-corrected chi connectivity index (χ3v) is 3.31. The molecule has 0 saturated heterocycles. The van der Waals surface area contributed by atoms with E-state index in [1.165, 1.54) is 0 Å². The minimum atomic E-state index is 0.000509. The van der Waals surface area contributed by atoms with E-state index in [4.69, 9.17) is 5.73 Å². The topological polar surface area (TPSA) is 46.3 Å². The van der Waals surface area contributed by atoms with Crippen LogP contribution in [0.1, 0.15) is 15.9 Å². The molecule has 18 heavy (non-hydrogen) atoms. The Balaban J connectivity index is 2.05. The molecule has 0 aromatic heterocycles. The van der Waals surface area contributed by atoms with Gasteiger partial charge in [0, 0.05) is 17.9 Å². The SMILES string of the molecule is Nc1cccc2c1C(=O)N(c1ccccc1)CC2. The molecule has 1 aliphatic rings. The number of carbonyl (C=O) groups is 1. The fraction of sp³-hybridized carbons (Fsp3) is 0.133. The molecule has 0 atom stereocenters. The number of hydrogen-bond donors (Lipinski definition) is 1. The van der Waals surface area contributed by atoms with Crippen molar-refractivity contribution < 1.29 is 4.79 Å². The summed E-state index contributed by atoms with van der Waals surface area (Å²) >= 11 is 0. The molecule has 0 saturated carbocycles. The molecule has 0 aliphatic carbocycles. The maximum absolute atomic E-state index is 12.5. The normalized spacial score (nSPS) is 14.4. The maximum Gasteiger partial charge on any atom is 0.260 e. The summed E-state index contributed by atoms with van der Waals surface area (Å²) in [4.78, 5) is 14.3. The Morgan fingerprint density at radius 3 is 2.56 bits per heavy atom. The highest BCUT2D eigenvalue weighted by molar-refractivity contribution is 6.11. The zero-order chi connectivity index (χ0) is 12.5. The van der Waals surface area contributed by atoms with Gasteiger partial charge < -0.3 is 10.6 Å². The van der Waals surface area contributed by atoms with Crippen LogP contribution in [0.3, 0.4) is 0 Å². The van der Waals surface area contributed by atoms with E-state index in [2.05, 4.69) is 0 Å². The van der Waals surface area contributed by atoms with E-state index >= 15 is 0 Å². The number of para-hydroxylation sites is 1. The molecule has 0 spiro atoms. The van der Waals surface area contributed by atoms with E-state index in [1.54, 1.807) is 11.0 Å². The third kappa shape index (κ3) is 1.64. The Kier molecular flexibility index (Phi) is 2.52. The summed E-state index contributed by atoms with van der Waals surface area (Å²) in [6.45, 7) is 0.708. The van der Waals surface area contributed by atoms with Gasteiger partial charge in [-0.15, -0.1) is 0 Å². The number of fused-ring (bicyclic) bond motifs is 1. The lowest BCUT2D eigenvalue weighted by Gasteiger charge is -2.29. The molecule has 1 aliphatic heterocycles. The van der Waals surface area contributed by atoms with Crippen LogP contribution in [0, 0.1) is 0 Å². The van der Waals surface area contributed by atoms with E-state index in [1.807, 2.05) is 42.5 Å². The lowest BCUT2D eigenvalue weighted by Crippen LogP contribution is -2.38. The molecule has 3 heteroatoms. The van der Waals surface area contributed by atoms with Crippen LogP contribution in [0.5, 0.6) is 0 Å². The smallest absolute Gasteiger partial charge is 0.260 e. The van der Waals surface area contributed by atoms with Crippen LogP contribution in [-0.4, -0.2) is 12.5 Å². The van der Waals surface area contributed by atoms with Crippen LogP contribution in [0.25, 0.3) is 0 Å². The monoisotopic (exact) mass is 238 g/mol. The zero-order valence-electron chi connectivity index (χ0n) is 9.97. The second kappa shape index (κ2) is 4.18. The summed E-state index contributed by atoms with van der Waals surface area (Å²) in [5, 5.41) is 0. The number of hydrogen-bond acceptors (Lipinski definition) is 2. The number of rotatable bonds is 1. The second-order valence-electron chi connectivity index (χ2n) is 4.42. The average Bonchev–Trinajstić information content (AvgIpc) is 2.40. The first kappa shape index (κ1) is 10.8. The first-order valence-corrected chi connectivity index (χ1v) is 6.01. The third-order valence-electron chi connectivity index (χ3n) is 3.31. The van der Waals surface area contributed by atoms with Crippen molar-refractivity contribution in [1.29, 1.82) is 0 Å². The van der Waals surface area contributed by atoms with Crippen molar-refractivity contribution in [1.82, 2.24) is 0 Å². The molecule has 90 valence electrons. The summed E-state index contributed by atoms with van der Waals surface area (Å²) in [6, 6.07) is 15.4. The van der Waals surface area contributed by atoms with Crippen molar-refractivity contribution in [2.75, 3.05) is 17.2 Å². The van der Waals surface area contributed by atoms with Crippen molar-refractivity contribution in [3.05, 3.63) is 59.7 Å². The molecule has 1 amide bonds. The molecule has 0 radical (unpaired) electrons. The molecular formula is C15H14N2O. The van der Waals surface area contributed by atoms with Crippen molar-refractivity contribution in [2.45, 2.75) is 6.42 Å². The number of anilines is 2.